The molecule has 0 spiro atoms. The number of benzene rings is 9. The van der Waals surface area contributed by atoms with Gasteiger partial charge < -0.3 is 4.42 Å². The fourth-order valence-electron chi connectivity index (χ4n) is 6.90. The van der Waals surface area contributed by atoms with Gasteiger partial charge in [0.25, 0.3) is 0 Å². The molecule has 0 unspecified atom stereocenters. The molecule has 1 aromatic heterocycles. The summed E-state index contributed by atoms with van der Waals surface area (Å²) < 4.78 is 121. The van der Waals surface area contributed by atoms with Gasteiger partial charge in [0, 0.05) is 10.8 Å². The molecule has 0 fully saturated rings. The Morgan fingerprint density at radius 2 is 0.898 bits per heavy atom. The number of rotatable bonds is 4. The summed E-state index contributed by atoms with van der Waals surface area (Å²) in [5.41, 5.74) is 4.56. The Hall–Kier alpha value is -6.44. The molecule has 0 saturated heterocycles. The maximum atomic E-state index is 9.28. The van der Waals surface area contributed by atoms with Gasteiger partial charge in [0.05, 0.1) is 17.8 Å². The van der Waals surface area contributed by atoms with Crippen LogP contribution in [0, 0.1) is 0 Å². The molecule has 49 heavy (non-hydrogen) atoms. The molecule has 1 nitrogen and oxygen atoms in total. The SMILES string of the molecule is [2H]c1c([2H])c([2H])c(-c2c3c([2H])c([2H])c([2H])c([2H])c3c(-c3cccc(-c4ccc5oc6cc(-c7ccc8ccccc8c7)ccc6c5c4)c3)c3c([2H])c([2H])c([2H])c([2H])c23)c([2H])c1[2H]. The number of hydrogen-bond donors (Lipinski definition) is 0. The van der Waals surface area contributed by atoms with Crippen LogP contribution in [0.15, 0.2) is 186 Å². The van der Waals surface area contributed by atoms with Gasteiger partial charge in [0.1, 0.15) is 11.2 Å². The van der Waals surface area contributed by atoms with Crippen molar-refractivity contribution in [2.75, 3.05) is 0 Å². The Balaban J connectivity index is 1.23. The Morgan fingerprint density at radius 1 is 0.327 bits per heavy atom. The van der Waals surface area contributed by atoms with Crippen molar-refractivity contribution < 1.29 is 22.2 Å². The molecular weight excluding hydrogens is 593 g/mol. The number of fused-ring (bicyclic) bond motifs is 6. The van der Waals surface area contributed by atoms with E-state index in [2.05, 4.69) is 36.4 Å². The number of furan rings is 1. The minimum atomic E-state index is -0.714. The van der Waals surface area contributed by atoms with Gasteiger partial charge in [-0.3, -0.25) is 0 Å². The molecule has 10 aromatic rings. The molecule has 1 heteroatoms. The molecule has 0 atom stereocenters. The standard InChI is InChI=1S/C48H30O/c1-2-12-32(13-3-1)47-40-17-6-8-19-42(40)48(43-20-9-7-18-41(43)47)38-16-10-15-34(28-38)36-24-26-45-44(29-36)39-25-23-37(30-46(39)49-45)35-22-21-31-11-4-5-14-33(31)27-35/h1-30H/i1D,2D,3D,6D,7D,8D,9D,12D,13D,17D,18D,19D,20D. The van der Waals surface area contributed by atoms with Crippen LogP contribution in [0.3, 0.4) is 0 Å². The fraction of sp³-hybridized carbons (Fsp3) is 0. The molecule has 1 heterocycles. The molecule has 0 radical (unpaired) electrons. The van der Waals surface area contributed by atoms with Crippen molar-refractivity contribution in [2.24, 2.45) is 0 Å². The smallest absolute Gasteiger partial charge is 0.136 e. The molecule has 0 saturated carbocycles. The molecule has 0 bridgehead atoms. The summed E-state index contributed by atoms with van der Waals surface area (Å²) in [6.45, 7) is 0. The van der Waals surface area contributed by atoms with Crippen LogP contribution >= 0.6 is 0 Å². The zero-order valence-electron chi connectivity index (χ0n) is 38.7. The van der Waals surface area contributed by atoms with Crippen molar-refractivity contribution >= 4 is 54.3 Å². The maximum Gasteiger partial charge on any atom is 0.136 e. The van der Waals surface area contributed by atoms with E-state index in [1.807, 2.05) is 48.5 Å². The highest BCUT2D eigenvalue weighted by Crippen LogP contribution is 2.44. The summed E-state index contributed by atoms with van der Waals surface area (Å²) in [5.74, 6) is 0. The Morgan fingerprint density at radius 3 is 1.65 bits per heavy atom. The van der Waals surface area contributed by atoms with E-state index in [0.29, 0.717) is 22.3 Å². The van der Waals surface area contributed by atoms with E-state index in [0.717, 1.165) is 38.2 Å². The van der Waals surface area contributed by atoms with Gasteiger partial charge >= 0.3 is 0 Å². The lowest BCUT2D eigenvalue weighted by Gasteiger charge is -2.18. The Bertz CT molecular complexity index is 3520. The minimum Gasteiger partial charge on any atom is -0.456 e. The summed E-state index contributed by atoms with van der Waals surface area (Å²) >= 11 is 0. The molecular formula is C48H30O. The van der Waals surface area contributed by atoms with Gasteiger partial charge in [-0.25, -0.2) is 0 Å². The summed E-state index contributed by atoms with van der Waals surface area (Å²) in [6, 6.07) is 25.1. The molecule has 0 aliphatic rings. The maximum absolute atomic E-state index is 9.28. The Labute approximate surface area is 302 Å². The van der Waals surface area contributed by atoms with Crippen molar-refractivity contribution in [3.8, 4) is 44.5 Å². The average Bonchev–Trinajstić information content (AvgIpc) is 3.66. The first kappa shape index (κ1) is 17.6. The highest BCUT2D eigenvalue weighted by molar-refractivity contribution is 6.21. The zero-order chi connectivity index (χ0) is 43.6. The van der Waals surface area contributed by atoms with E-state index < -0.39 is 84.1 Å². The molecule has 228 valence electrons. The highest BCUT2D eigenvalue weighted by atomic mass is 16.3. The normalized spacial score (nSPS) is 15.4. The molecule has 9 aromatic carbocycles. The predicted octanol–water partition coefficient (Wildman–Crippen LogP) is 13.7. The van der Waals surface area contributed by atoms with E-state index in [1.54, 1.807) is 18.2 Å². The van der Waals surface area contributed by atoms with Crippen LogP contribution in [0.4, 0.5) is 0 Å². The first-order valence-corrected chi connectivity index (χ1v) is 15.8. The summed E-state index contributed by atoms with van der Waals surface area (Å²) in [6.07, 6.45) is 0. The number of hydrogen-bond acceptors (Lipinski definition) is 1. The summed E-state index contributed by atoms with van der Waals surface area (Å²) in [7, 11) is 0. The van der Waals surface area contributed by atoms with Crippen LogP contribution in [-0.4, -0.2) is 0 Å². The third-order valence-corrected chi connectivity index (χ3v) is 9.16. The lowest BCUT2D eigenvalue weighted by Crippen LogP contribution is -1.91. The fourth-order valence-corrected chi connectivity index (χ4v) is 6.90. The van der Waals surface area contributed by atoms with Crippen LogP contribution in [0.5, 0.6) is 0 Å². The van der Waals surface area contributed by atoms with Crippen molar-refractivity contribution in [3.63, 3.8) is 0 Å². The predicted molar refractivity (Wildman–Crippen MR) is 208 cm³/mol. The summed E-state index contributed by atoms with van der Waals surface area (Å²) in [4.78, 5) is 0. The van der Waals surface area contributed by atoms with Crippen molar-refractivity contribution in [1.82, 2.24) is 0 Å². The van der Waals surface area contributed by atoms with Crippen molar-refractivity contribution in [3.05, 3.63) is 182 Å². The Kier molecular flexibility index (Phi) is 3.99. The highest BCUT2D eigenvalue weighted by Gasteiger charge is 2.17. The molecule has 0 amide bonds. The van der Waals surface area contributed by atoms with Crippen LogP contribution < -0.4 is 0 Å². The van der Waals surface area contributed by atoms with E-state index >= 15 is 0 Å². The van der Waals surface area contributed by atoms with Gasteiger partial charge in [-0.15, -0.1) is 0 Å². The monoisotopic (exact) mass is 635 g/mol. The lowest BCUT2D eigenvalue weighted by molar-refractivity contribution is 0.669. The van der Waals surface area contributed by atoms with Crippen molar-refractivity contribution in [2.45, 2.75) is 0 Å². The second-order valence-corrected chi connectivity index (χ2v) is 11.9. The van der Waals surface area contributed by atoms with Crippen LogP contribution in [-0.2, 0) is 0 Å². The largest absolute Gasteiger partial charge is 0.456 e. The zero-order valence-corrected chi connectivity index (χ0v) is 25.7. The third-order valence-electron chi connectivity index (χ3n) is 9.16. The van der Waals surface area contributed by atoms with E-state index in [9.17, 15) is 5.48 Å². The molecule has 0 N–H and O–H groups in total. The topological polar surface area (TPSA) is 13.1 Å². The van der Waals surface area contributed by atoms with Gasteiger partial charge in [0.15, 0.2) is 0 Å². The quantitative estimate of drug-likeness (QED) is 0.175. The van der Waals surface area contributed by atoms with Gasteiger partial charge in [0.2, 0.25) is 0 Å². The first-order chi connectivity index (χ1) is 29.7. The second kappa shape index (κ2) is 11.1. The molecule has 10 rings (SSSR count). The van der Waals surface area contributed by atoms with Gasteiger partial charge in [-0.05, 0) is 113 Å². The van der Waals surface area contributed by atoms with E-state index in [-0.39, 0.29) is 32.7 Å². The van der Waals surface area contributed by atoms with Crippen molar-refractivity contribution in [1.29, 1.82) is 0 Å². The summed E-state index contributed by atoms with van der Waals surface area (Å²) in [5, 5.41) is 3.27. The third kappa shape index (κ3) is 4.55. The van der Waals surface area contributed by atoms with Gasteiger partial charge in [-0.2, -0.15) is 0 Å². The van der Waals surface area contributed by atoms with Gasteiger partial charge in [-0.1, -0.05) is 145 Å². The first-order valence-electron chi connectivity index (χ1n) is 22.3. The van der Waals surface area contributed by atoms with Crippen LogP contribution in [0.1, 0.15) is 17.8 Å². The molecule has 0 aliphatic heterocycles. The molecule has 0 aliphatic carbocycles. The minimum absolute atomic E-state index is 0.0722. The lowest BCUT2D eigenvalue weighted by atomic mass is 9.85. The van der Waals surface area contributed by atoms with Crippen LogP contribution in [0.2, 0.25) is 0 Å². The van der Waals surface area contributed by atoms with Crippen LogP contribution in [0.25, 0.3) is 98.8 Å². The second-order valence-electron chi connectivity index (χ2n) is 11.9. The average molecular weight is 636 g/mol. The van der Waals surface area contributed by atoms with E-state index in [1.165, 1.54) is 0 Å². The van der Waals surface area contributed by atoms with E-state index in [4.69, 9.17) is 16.8 Å².